The summed E-state index contributed by atoms with van der Waals surface area (Å²) < 4.78 is 10.6. The van der Waals surface area contributed by atoms with E-state index in [9.17, 15) is 4.79 Å². The number of benzene rings is 1. The number of carbonyl (C=O) groups excluding carboxylic acids is 1. The zero-order valence-electron chi connectivity index (χ0n) is 16.0. The maximum absolute atomic E-state index is 12.9. The minimum absolute atomic E-state index is 0.00965. The molecule has 1 atom stereocenters. The van der Waals surface area contributed by atoms with Crippen LogP contribution in [0.3, 0.4) is 0 Å². The molecule has 1 saturated carbocycles. The fraction of sp³-hybridized carbons (Fsp3) is 0.429. The van der Waals surface area contributed by atoms with E-state index in [-0.39, 0.29) is 12.0 Å². The van der Waals surface area contributed by atoms with Crippen LogP contribution in [-0.4, -0.2) is 26.1 Å². The van der Waals surface area contributed by atoms with Gasteiger partial charge in [0.05, 0.1) is 11.2 Å². The largest absolute Gasteiger partial charge is 0.482 e. The van der Waals surface area contributed by atoms with Crippen molar-refractivity contribution in [2.45, 2.75) is 44.8 Å². The molecule has 0 radical (unpaired) electrons. The second-order valence-corrected chi connectivity index (χ2v) is 7.75. The van der Waals surface area contributed by atoms with Crippen LogP contribution in [-0.2, 0) is 20.5 Å². The first-order valence-electron chi connectivity index (χ1n) is 9.60. The maximum atomic E-state index is 12.9. The first-order chi connectivity index (χ1) is 13.0. The van der Waals surface area contributed by atoms with Gasteiger partial charge in [-0.25, -0.2) is 4.98 Å². The molecule has 2 aliphatic rings. The normalized spacial score (nSPS) is 19.0. The summed E-state index contributed by atoms with van der Waals surface area (Å²) in [6.45, 7) is 1.98. The predicted octanol–water partition coefficient (Wildman–Crippen LogP) is 3.18. The molecule has 0 unspecified atom stereocenters. The number of hydrogen-bond acceptors (Lipinski definition) is 3. The lowest BCUT2D eigenvalue weighted by molar-refractivity contribution is 0.0947. The quantitative estimate of drug-likeness (QED) is 0.776. The van der Waals surface area contributed by atoms with E-state index in [1.165, 1.54) is 0 Å². The van der Waals surface area contributed by atoms with E-state index in [1.807, 2.05) is 43.9 Å². The van der Waals surface area contributed by atoms with Gasteiger partial charge in [-0.3, -0.25) is 4.79 Å². The Bertz CT molecular complexity index is 1060. The average molecular weight is 364 g/mol. The Hall–Kier alpha value is -2.76. The minimum atomic E-state index is -0.0234. The van der Waals surface area contributed by atoms with Crippen LogP contribution < -0.4 is 10.1 Å². The van der Waals surface area contributed by atoms with E-state index in [2.05, 4.69) is 16.0 Å². The molecule has 3 aromatic rings. The van der Waals surface area contributed by atoms with Crippen molar-refractivity contribution in [1.29, 1.82) is 0 Å². The van der Waals surface area contributed by atoms with Crippen LogP contribution in [0, 0.1) is 6.92 Å². The number of imidazole rings is 1. The fourth-order valence-corrected chi connectivity index (χ4v) is 4.01. The lowest BCUT2D eigenvalue weighted by atomic mass is 9.94. The van der Waals surface area contributed by atoms with Gasteiger partial charge in [0.25, 0.3) is 5.91 Å². The first kappa shape index (κ1) is 16.4. The van der Waals surface area contributed by atoms with Crippen LogP contribution in [0.4, 0.5) is 0 Å². The molecule has 27 heavy (non-hydrogen) atoms. The molecule has 1 aliphatic heterocycles. The summed E-state index contributed by atoms with van der Waals surface area (Å²) in [4.78, 5) is 17.6. The number of aryl methyl sites for hydroxylation is 3. The predicted molar refractivity (Wildman–Crippen MR) is 103 cm³/mol. The highest BCUT2D eigenvalue weighted by Gasteiger charge is 2.32. The zero-order chi connectivity index (χ0) is 18.7. The summed E-state index contributed by atoms with van der Waals surface area (Å²) in [6.07, 6.45) is 5.83. The molecule has 0 spiro atoms. The molecule has 1 N–H and O–H groups in total. The van der Waals surface area contributed by atoms with Crippen LogP contribution in [0.25, 0.3) is 11.0 Å². The molecule has 5 rings (SSSR count). The molecule has 6 heteroatoms. The van der Waals surface area contributed by atoms with Crippen molar-refractivity contribution in [1.82, 2.24) is 19.4 Å². The molecule has 1 aromatic carbocycles. The number of rotatable bonds is 3. The number of nitrogens with zero attached hydrogens (tertiary/aromatic N) is 3. The summed E-state index contributed by atoms with van der Waals surface area (Å²) in [5.41, 5.74) is 4.67. The number of nitrogens with one attached hydrogen (secondary N) is 1. The lowest BCUT2D eigenvalue weighted by Crippen LogP contribution is -2.28. The van der Waals surface area contributed by atoms with Gasteiger partial charge in [-0.05, 0) is 50.8 Å². The van der Waals surface area contributed by atoms with Crippen molar-refractivity contribution in [3.63, 3.8) is 0 Å². The van der Waals surface area contributed by atoms with Gasteiger partial charge < -0.3 is 19.2 Å². The molecule has 140 valence electrons. The van der Waals surface area contributed by atoms with Gasteiger partial charge >= 0.3 is 0 Å². The van der Waals surface area contributed by atoms with E-state index < -0.39 is 0 Å². The molecule has 2 aromatic heterocycles. The van der Waals surface area contributed by atoms with Gasteiger partial charge in [0.1, 0.15) is 17.4 Å². The van der Waals surface area contributed by atoms with Gasteiger partial charge in [0.15, 0.2) is 5.75 Å². The standard InChI is InChI=1S/C21H24N4O2/c1-12-22-19-17(25(12)3)11-15(21(26)23-13-6-7-13)14-8-9-18(27-20(14)19)16-5-4-10-24(16)2/h4-5,10-11,13,18H,6-9H2,1-3H3,(H,23,26)/t18-/m0/s1. The summed E-state index contributed by atoms with van der Waals surface area (Å²) >= 11 is 0. The third-order valence-corrected chi connectivity index (χ3v) is 5.85. The Balaban J connectivity index is 1.64. The molecular weight excluding hydrogens is 340 g/mol. The van der Waals surface area contributed by atoms with Crippen LogP contribution in [0.1, 0.15) is 52.8 Å². The Morgan fingerprint density at radius 2 is 2.11 bits per heavy atom. The minimum Gasteiger partial charge on any atom is -0.482 e. The summed E-state index contributed by atoms with van der Waals surface area (Å²) in [6, 6.07) is 6.45. The van der Waals surface area contributed by atoms with Crippen LogP contribution in [0.5, 0.6) is 5.75 Å². The third kappa shape index (κ3) is 2.62. The lowest BCUT2D eigenvalue weighted by Gasteiger charge is -2.28. The van der Waals surface area contributed by atoms with E-state index >= 15 is 0 Å². The molecule has 0 bridgehead atoms. The average Bonchev–Trinajstić information content (AvgIpc) is 3.29. The van der Waals surface area contributed by atoms with Crippen molar-refractivity contribution in [3.05, 3.63) is 47.0 Å². The summed E-state index contributed by atoms with van der Waals surface area (Å²) in [5.74, 6) is 1.70. The van der Waals surface area contributed by atoms with Gasteiger partial charge in [-0.15, -0.1) is 0 Å². The topological polar surface area (TPSA) is 61.1 Å². The highest BCUT2D eigenvalue weighted by molar-refractivity contribution is 6.01. The van der Waals surface area contributed by atoms with E-state index in [1.54, 1.807) is 0 Å². The van der Waals surface area contributed by atoms with Crippen molar-refractivity contribution < 1.29 is 9.53 Å². The smallest absolute Gasteiger partial charge is 0.251 e. The monoisotopic (exact) mass is 364 g/mol. The molecule has 3 heterocycles. The molecule has 1 aliphatic carbocycles. The molecule has 0 saturated heterocycles. The maximum Gasteiger partial charge on any atom is 0.251 e. The molecular formula is C21H24N4O2. The van der Waals surface area contributed by atoms with Crippen molar-refractivity contribution in [2.75, 3.05) is 0 Å². The first-order valence-corrected chi connectivity index (χ1v) is 9.60. The number of fused-ring (bicyclic) bond motifs is 3. The Morgan fingerprint density at radius 3 is 2.81 bits per heavy atom. The second kappa shape index (κ2) is 5.87. The molecule has 6 nitrogen and oxygen atoms in total. The van der Waals surface area contributed by atoms with E-state index in [4.69, 9.17) is 9.72 Å². The van der Waals surface area contributed by atoms with Gasteiger partial charge in [-0.1, -0.05) is 0 Å². The SMILES string of the molecule is Cc1nc2c3c(c(C(=O)NC4CC4)cc2n1C)CC[C@@H](c1cccn1C)O3. The molecule has 1 amide bonds. The third-order valence-electron chi connectivity index (χ3n) is 5.85. The van der Waals surface area contributed by atoms with Crippen molar-refractivity contribution in [3.8, 4) is 5.75 Å². The van der Waals surface area contributed by atoms with Crippen LogP contribution >= 0.6 is 0 Å². The van der Waals surface area contributed by atoms with Gasteiger partial charge in [-0.2, -0.15) is 0 Å². The summed E-state index contributed by atoms with van der Waals surface area (Å²) in [5, 5.41) is 3.13. The highest BCUT2D eigenvalue weighted by atomic mass is 16.5. The number of aromatic nitrogens is 3. The van der Waals surface area contributed by atoms with Gasteiger partial charge in [0, 0.05) is 37.5 Å². The van der Waals surface area contributed by atoms with E-state index in [0.717, 1.165) is 65.1 Å². The number of amides is 1. The Kier molecular flexibility index (Phi) is 3.57. The summed E-state index contributed by atoms with van der Waals surface area (Å²) in [7, 11) is 4.02. The number of ether oxygens (including phenoxy) is 1. The van der Waals surface area contributed by atoms with Gasteiger partial charge in [0.2, 0.25) is 0 Å². The highest BCUT2D eigenvalue weighted by Crippen LogP contribution is 2.41. The van der Waals surface area contributed by atoms with E-state index in [0.29, 0.717) is 6.04 Å². The molecule has 1 fully saturated rings. The zero-order valence-corrected chi connectivity index (χ0v) is 16.0. The Labute approximate surface area is 158 Å². The number of carbonyl (C=O) groups is 1. The van der Waals surface area contributed by atoms with Crippen LogP contribution in [0.2, 0.25) is 0 Å². The number of hydrogen-bond donors (Lipinski definition) is 1. The second-order valence-electron chi connectivity index (χ2n) is 7.75. The van der Waals surface area contributed by atoms with Crippen LogP contribution in [0.15, 0.2) is 24.4 Å². The van der Waals surface area contributed by atoms with Crippen molar-refractivity contribution >= 4 is 16.9 Å². The fourth-order valence-electron chi connectivity index (χ4n) is 4.01. The van der Waals surface area contributed by atoms with Crippen molar-refractivity contribution in [2.24, 2.45) is 14.1 Å². The Morgan fingerprint density at radius 1 is 1.30 bits per heavy atom.